The van der Waals surface area contributed by atoms with E-state index in [1.807, 2.05) is 0 Å². The Morgan fingerprint density at radius 3 is 2.45 bits per heavy atom. The number of fused-ring (bicyclic) bond motifs is 1. The number of benzene rings is 1. The van der Waals surface area contributed by atoms with Crippen LogP contribution < -0.4 is 5.43 Å². The van der Waals surface area contributed by atoms with Gasteiger partial charge in [-0.05, 0) is 13.0 Å². The summed E-state index contributed by atoms with van der Waals surface area (Å²) in [5, 5.41) is 28.0. The Morgan fingerprint density at radius 2 is 1.86 bits per heavy atom. The van der Waals surface area contributed by atoms with E-state index < -0.39 is 34.4 Å². The fourth-order valence-electron chi connectivity index (χ4n) is 2.04. The summed E-state index contributed by atoms with van der Waals surface area (Å²) in [6, 6.07) is 2.04. The van der Waals surface area contributed by atoms with E-state index in [2.05, 4.69) is 0 Å². The quantitative estimate of drug-likeness (QED) is 0.560. The molecular weight excluding hydrogens is 294 g/mol. The molecule has 0 aliphatic rings. The number of rotatable bonds is 4. The Hall–Kier alpha value is -3.03. The number of carbonyl (C=O) groups is 2. The van der Waals surface area contributed by atoms with E-state index in [9.17, 15) is 24.6 Å². The van der Waals surface area contributed by atoms with Crippen LogP contribution in [-0.4, -0.2) is 38.4 Å². The molecule has 0 saturated heterocycles. The molecule has 8 heteroatoms. The highest BCUT2D eigenvalue weighted by Crippen LogP contribution is 2.29. The normalized spacial score (nSPS) is 10.6. The molecule has 2 aromatic rings. The van der Waals surface area contributed by atoms with Gasteiger partial charge in [0.2, 0.25) is 5.43 Å². The molecule has 0 aliphatic carbocycles. The number of aromatic nitrogens is 1. The number of esters is 1. The number of hydrogen-bond donors (Lipinski definition) is 3. The first-order chi connectivity index (χ1) is 10.3. The van der Waals surface area contributed by atoms with E-state index in [-0.39, 0.29) is 24.1 Å². The van der Waals surface area contributed by atoms with Crippen LogP contribution in [0.25, 0.3) is 10.9 Å². The van der Waals surface area contributed by atoms with Gasteiger partial charge in [0.15, 0.2) is 11.5 Å². The first-order valence-electron chi connectivity index (χ1n) is 6.33. The number of carbonyl (C=O) groups excluding carboxylic acids is 1. The summed E-state index contributed by atoms with van der Waals surface area (Å²) >= 11 is 0. The van der Waals surface area contributed by atoms with Crippen molar-refractivity contribution in [1.29, 1.82) is 0 Å². The summed E-state index contributed by atoms with van der Waals surface area (Å²) in [5.74, 6) is -3.14. The molecule has 0 saturated carbocycles. The lowest BCUT2D eigenvalue weighted by molar-refractivity contribution is -0.143. The Balaban J connectivity index is 2.75. The van der Waals surface area contributed by atoms with Crippen LogP contribution in [0.4, 0.5) is 0 Å². The van der Waals surface area contributed by atoms with Gasteiger partial charge in [0, 0.05) is 12.3 Å². The van der Waals surface area contributed by atoms with Gasteiger partial charge in [-0.3, -0.25) is 9.59 Å². The molecule has 116 valence electrons. The zero-order valence-corrected chi connectivity index (χ0v) is 11.6. The predicted octanol–water partition coefficient (Wildman–Crippen LogP) is 0.674. The van der Waals surface area contributed by atoms with Gasteiger partial charge < -0.3 is 24.6 Å². The molecule has 0 fully saturated rings. The zero-order chi connectivity index (χ0) is 16.4. The van der Waals surface area contributed by atoms with E-state index in [0.29, 0.717) is 0 Å². The molecule has 0 spiro atoms. The lowest BCUT2D eigenvalue weighted by Gasteiger charge is -2.12. The Labute approximate surface area is 123 Å². The molecule has 1 aromatic heterocycles. The molecule has 3 N–H and O–H groups in total. The summed E-state index contributed by atoms with van der Waals surface area (Å²) < 4.78 is 5.96. The number of pyridine rings is 1. The third-order valence-corrected chi connectivity index (χ3v) is 3.01. The van der Waals surface area contributed by atoms with Crippen LogP contribution in [0.1, 0.15) is 17.3 Å². The van der Waals surface area contributed by atoms with Crippen molar-refractivity contribution in [3.05, 3.63) is 34.1 Å². The van der Waals surface area contributed by atoms with E-state index in [4.69, 9.17) is 9.84 Å². The minimum atomic E-state index is -1.46. The highest BCUT2D eigenvalue weighted by Gasteiger charge is 2.18. The van der Waals surface area contributed by atoms with Crippen molar-refractivity contribution in [3.8, 4) is 11.5 Å². The lowest BCUT2D eigenvalue weighted by atomic mass is 10.1. The first-order valence-corrected chi connectivity index (χ1v) is 6.33. The van der Waals surface area contributed by atoms with Crippen LogP contribution in [0, 0.1) is 0 Å². The van der Waals surface area contributed by atoms with Gasteiger partial charge >= 0.3 is 11.9 Å². The van der Waals surface area contributed by atoms with Crippen LogP contribution in [0.15, 0.2) is 23.1 Å². The fourth-order valence-corrected chi connectivity index (χ4v) is 2.04. The summed E-state index contributed by atoms with van der Waals surface area (Å²) in [7, 11) is 0. The van der Waals surface area contributed by atoms with Crippen molar-refractivity contribution >= 4 is 22.8 Å². The maximum atomic E-state index is 12.1. The minimum Gasteiger partial charge on any atom is -0.504 e. The van der Waals surface area contributed by atoms with E-state index in [0.717, 1.165) is 18.3 Å². The molecule has 1 heterocycles. The molecule has 0 aliphatic heterocycles. The SMILES string of the molecule is CCOC(=O)Cn1cc(C(=O)O)c(=O)c2cc(O)c(O)cc21. The number of phenolic OH excluding ortho intramolecular Hbond substituents is 2. The summed E-state index contributed by atoms with van der Waals surface area (Å²) in [4.78, 5) is 34.8. The average Bonchev–Trinajstić information content (AvgIpc) is 2.44. The van der Waals surface area contributed by atoms with Gasteiger partial charge in [0.1, 0.15) is 12.1 Å². The summed E-state index contributed by atoms with van der Waals surface area (Å²) in [5.41, 5.74) is -1.27. The van der Waals surface area contributed by atoms with Crippen LogP contribution in [-0.2, 0) is 16.1 Å². The number of aromatic carboxylic acids is 1. The predicted molar refractivity (Wildman–Crippen MR) is 75.1 cm³/mol. The van der Waals surface area contributed by atoms with E-state index in [1.54, 1.807) is 6.92 Å². The molecule has 0 unspecified atom stereocenters. The highest BCUT2D eigenvalue weighted by atomic mass is 16.5. The fraction of sp³-hybridized carbons (Fsp3) is 0.214. The molecule has 0 bridgehead atoms. The van der Waals surface area contributed by atoms with Crippen LogP contribution in [0.5, 0.6) is 11.5 Å². The number of aromatic hydroxyl groups is 2. The topological polar surface area (TPSA) is 126 Å². The molecule has 8 nitrogen and oxygen atoms in total. The number of nitrogens with zero attached hydrogens (tertiary/aromatic N) is 1. The Bertz CT molecular complexity index is 822. The maximum absolute atomic E-state index is 12.1. The second-order valence-electron chi connectivity index (χ2n) is 4.47. The van der Waals surface area contributed by atoms with E-state index >= 15 is 0 Å². The highest BCUT2D eigenvalue weighted by molar-refractivity contribution is 5.94. The minimum absolute atomic E-state index is 0.110. The van der Waals surface area contributed by atoms with Gasteiger partial charge in [-0.15, -0.1) is 0 Å². The van der Waals surface area contributed by atoms with Crippen molar-refractivity contribution in [2.45, 2.75) is 13.5 Å². The summed E-state index contributed by atoms with van der Waals surface area (Å²) in [6.07, 6.45) is 1.00. The molecular formula is C14H13NO7. The van der Waals surface area contributed by atoms with Crippen LogP contribution in [0.3, 0.4) is 0 Å². The third-order valence-electron chi connectivity index (χ3n) is 3.01. The number of hydrogen-bond acceptors (Lipinski definition) is 6. The monoisotopic (exact) mass is 307 g/mol. The van der Waals surface area contributed by atoms with Crippen LogP contribution in [0.2, 0.25) is 0 Å². The van der Waals surface area contributed by atoms with Crippen molar-refractivity contribution in [3.63, 3.8) is 0 Å². The first kappa shape index (κ1) is 15.4. The Morgan fingerprint density at radius 1 is 1.23 bits per heavy atom. The standard InChI is InChI=1S/C14H13NO7/c1-2-22-12(18)6-15-5-8(14(20)21)13(19)7-3-10(16)11(17)4-9(7)15/h3-5,16-17H,2,6H2,1H3,(H,20,21). The molecule has 22 heavy (non-hydrogen) atoms. The lowest BCUT2D eigenvalue weighted by Crippen LogP contribution is -2.21. The second kappa shape index (κ2) is 5.76. The Kier molecular flexibility index (Phi) is 4.02. The zero-order valence-electron chi connectivity index (χ0n) is 11.6. The van der Waals surface area contributed by atoms with Gasteiger partial charge in [0.05, 0.1) is 17.5 Å². The van der Waals surface area contributed by atoms with E-state index in [1.165, 1.54) is 4.57 Å². The van der Waals surface area contributed by atoms with Crippen molar-refractivity contribution in [2.75, 3.05) is 6.61 Å². The number of phenols is 2. The van der Waals surface area contributed by atoms with Crippen molar-refractivity contribution in [2.24, 2.45) is 0 Å². The van der Waals surface area contributed by atoms with Crippen LogP contribution >= 0.6 is 0 Å². The van der Waals surface area contributed by atoms with Crippen molar-refractivity contribution in [1.82, 2.24) is 4.57 Å². The van der Waals surface area contributed by atoms with Gasteiger partial charge in [0.25, 0.3) is 0 Å². The number of carboxylic acids is 1. The average molecular weight is 307 g/mol. The van der Waals surface area contributed by atoms with Gasteiger partial charge in [-0.2, -0.15) is 0 Å². The number of ether oxygens (including phenoxy) is 1. The largest absolute Gasteiger partial charge is 0.504 e. The third kappa shape index (κ3) is 2.71. The molecule has 0 atom stereocenters. The van der Waals surface area contributed by atoms with Crippen molar-refractivity contribution < 1.29 is 29.6 Å². The second-order valence-corrected chi connectivity index (χ2v) is 4.47. The molecule has 0 radical (unpaired) electrons. The molecule has 1 aromatic carbocycles. The maximum Gasteiger partial charge on any atom is 0.341 e. The molecule has 2 rings (SSSR count). The summed E-state index contributed by atoms with van der Waals surface area (Å²) in [6.45, 7) is 1.43. The molecule has 0 amide bonds. The van der Waals surface area contributed by atoms with Gasteiger partial charge in [-0.25, -0.2) is 4.79 Å². The van der Waals surface area contributed by atoms with Gasteiger partial charge in [-0.1, -0.05) is 0 Å². The smallest absolute Gasteiger partial charge is 0.341 e. The number of carboxylic acid groups (broad SMARTS) is 1.